The number of carbonyl (C=O) groups is 2. The molecule has 1 N–H and O–H groups in total. The first-order valence-electron chi connectivity index (χ1n) is 10.1. The summed E-state index contributed by atoms with van der Waals surface area (Å²) in [6.07, 6.45) is 2.27. The van der Waals surface area contributed by atoms with Gasteiger partial charge in [-0.1, -0.05) is 0 Å². The number of ketones is 1. The first-order valence-corrected chi connectivity index (χ1v) is 10.1. The molecule has 158 valence electrons. The number of aryl methyl sites for hydroxylation is 1. The Morgan fingerprint density at radius 2 is 2.03 bits per heavy atom. The fourth-order valence-electron chi connectivity index (χ4n) is 4.23. The van der Waals surface area contributed by atoms with Gasteiger partial charge in [0.15, 0.2) is 0 Å². The maximum atomic E-state index is 13.0. The Morgan fingerprint density at radius 1 is 1.19 bits per heavy atom. The number of likely N-dealkylation sites (tertiary alicyclic amines) is 1. The molecule has 1 amide bonds. The molecule has 7 heteroatoms. The Hall–Kier alpha value is -3.74. The number of nitrogens with zero attached hydrogens (tertiary/aromatic N) is 1. The van der Waals surface area contributed by atoms with Crippen molar-refractivity contribution in [1.82, 2.24) is 4.90 Å². The van der Waals surface area contributed by atoms with Gasteiger partial charge < -0.3 is 23.6 Å². The summed E-state index contributed by atoms with van der Waals surface area (Å²) >= 11 is 0. The van der Waals surface area contributed by atoms with Gasteiger partial charge in [-0.25, -0.2) is 0 Å². The van der Waals surface area contributed by atoms with Crippen LogP contribution in [0.25, 0.3) is 5.76 Å². The van der Waals surface area contributed by atoms with Crippen molar-refractivity contribution in [3.8, 4) is 5.75 Å². The zero-order valence-corrected chi connectivity index (χ0v) is 17.1. The van der Waals surface area contributed by atoms with Crippen molar-refractivity contribution in [3.05, 3.63) is 82.7 Å². The molecule has 1 fully saturated rings. The van der Waals surface area contributed by atoms with Crippen molar-refractivity contribution >= 4 is 17.4 Å². The van der Waals surface area contributed by atoms with E-state index in [9.17, 15) is 14.7 Å². The van der Waals surface area contributed by atoms with Gasteiger partial charge in [-0.05, 0) is 61.9 Å². The van der Waals surface area contributed by atoms with Crippen LogP contribution in [0.2, 0.25) is 0 Å². The van der Waals surface area contributed by atoms with Gasteiger partial charge in [0.05, 0.1) is 18.4 Å². The van der Waals surface area contributed by atoms with E-state index in [1.807, 2.05) is 6.92 Å². The smallest absolute Gasteiger partial charge is 0.296 e. The third-order valence-electron chi connectivity index (χ3n) is 5.65. The van der Waals surface area contributed by atoms with E-state index < -0.39 is 17.7 Å². The topological polar surface area (TPSA) is 93.1 Å². The quantitative estimate of drug-likeness (QED) is 0.388. The van der Waals surface area contributed by atoms with Gasteiger partial charge in [-0.15, -0.1) is 0 Å². The lowest BCUT2D eigenvalue weighted by atomic mass is 9.97. The Kier molecular flexibility index (Phi) is 4.46. The molecule has 3 aromatic rings. The minimum Gasteiger partial charge on any atom is -0.507 e. The van der Waals surface area contributed by atoms with Gasteiger partial charge in [0, 0.05) is 12.0 Å². The second-order valence-corrected chi connectivity index (χ2v) is 7.91. The van der Waals surface area contributed by atoms with E-state index in [0.717, 1.165) is 11.3 Å². The number of amides is 1. The largest absolute Gasteiger partial charge is 0.507 e. The van der Waals surface area contributed by atoms with Crippen molar-refractivity contribution in [2.45, 2.75) is 39.0 Å². The van der Waals surface area contributed by atoms with Crippen LogP contribution in [-0.4, -0.2) is 27.8 Å². The molecule has 7 nitrogen and oxygen atoms in total. The van der Waals surface area contributed by atoms with Gasteiger partial charge >= 0.3 is 0 Å². The van der Waals surface area contributed by atoms with Gasteiger partial charge in [-0.3, -0.25) is 9.59 Å². The average molecular weight is 419 g/mol. The lowest BCUT2D eigenvalue weighted by Crippen LogP contribution is -2.28. The van der Waals surface area contributed by atoms with Crippen molar-refractivity contribution in [2.75, 3.05) is 0 Å². The second kappa shape index (κ2) is 7.19. The van der Waals surface area contributed by atoms with Crippen molar-refractivity contribution in [2.24, 2.45) is 0 Å². The van der Waals surface area contributed by atoms with Gasteiger partial charge in [0.25, 0.3) is 11.7 Å². The summed E-state index contributed by atoms with van der Waals surface area (Å²) in [5, 5.41) is 11.2. The molecule has 2 atom stereocenters. The number of hydrogen-bond donors (Lipinski definition) is 1. The monoisotopic (exact) mass is 419 g/mol. The van der Waals surface area contributed by atoms with E-state index in [1.54, 1.807) is 49.4 Å². The molecule has 0 unspecified atom stereocenters. The molecule has 0 saturated carbocycles. The van der Waals surface area contributed by atoms with Crippen LogP contribution in [0.15, 0.2) is 63.1 Å². The normalized spacial score (nSPS) is 22.1. The molecule has 4 heterocycles. The summed E-state index contributed by atoms with van der Waals surface area (Å²) in [7, 11) is 0. The van der Waals surface area contributed by atoms with Crippen molar-refractivity contribution < 1.29 is 28.3 Å². The molecule has 0 bridgehead atoms. The first-order chi connectivity index (χ1) is 14.9. The minimum absolute atomic E-state index is 0.00202. The first kappa shape index (κ1) is 19.2. The number of furan rings is 2. The zero-order chi connectivity index (χ0) is 21.7. The number of benzene rings is 1. The van der Waals surface area contributed by atoms with Crippen LogP contribution in [-0.2, 0) is 22.6 Å². The van der Waals surface area contributed by atoms with Crippen LogP contribution < -0.4 is 4.74 Å². The molecular weight excluding hydrogens is 398 g/mol. The maximum absolute atomic E-state index is 13.0. The lowest BCUT2D eigenvalue weighted by Gasteiger charge is -2.22. The summed E-state index contributed by atoms with van der Waals surface area (Å²) in [6, 6.07) is 11.3. The minimum atomic E-state index is -0.859. The number of aliphatic hydroxyl groups excluding tert-OH is 1. The van der Waals surface area contributed by atoms with Crippen molar-refractivity contribution in [1.29, 1.82) is 0 Å². The number of rotatable bonds is 4. The van der Waals surface area contributed by atoms with Crippen LogP contribution in [0.3, 0.4) is 0 Å². The van der Waals surface area contributed by atoms with E-state index in [-0.39, 0.29) is 24.0 Å². The molecule has 0 aliphatic carbocycles. The van der Waals surface area contributed by atoms with Crippen LogP contribution in [0.1, 0.15) is 41.4 Å². The highest BCUT2D eigenvalue weighted by molar-refractivity contribution is 6.46. The van der Waals surface area contributed by atoms with E-state index in [0.29, 0.717) is 29.3 Å². The highest BCUT2D eigenvalue weighted by atomic mass is 16.5. The standard InChI is InChI=1S/C24H21NO6/c1-13-5-7-19(30-13)21-20(23(27)24(28)25(21)12-17-4-3-9-29-17)22(26)15-6-8-18-16(11-15)10-14(2)31-18/h3-9,11,14,21,26H,10,12H2,1-2H3/t14-,21+/m0/s1. The number of hydrogen-bond acceptors (Lipinski definition) is 6. The maximum Gasteiger partial charge on any atom is 0.296 e. The summed E-state index contributed by atoms with van der Waals surface area (Å²) in [5.74, 6) is 0.634. The number of Topliss-reactive ketones (excluding diaryl/α,β-unsaturated/α-hetero) is 1. The molecule has 5 rings (SSSR count). The Labute approximate surface area is 178 Å². The van der Waals surface area contributed by atoms with Gasteiger partial charge in [0.1, 0.15) is 40.9 Å². The predicted octanol–water partition coefficient (Wildman–Crippen LogP) is 4.13. The molecule has 1 aromatic carbocycles. The Balaban J connectivity index is 1.62. The number of ether oxygens (including phenoxy) is 1. The Morgan fingerprint density at radius 3 is 2.74 bits per heavy atom. The van der Waals surface area contributed by atoms with E-state index in [1.165, 1.54) is 11.2 Å². The number of aliphatic hydroxyl groups is 1. The van der Waals surface area contributed by atoms with E-state index >= 15 is 0 Å². The number of fused-ring (bicyclic) bond motifs is 1. The van der Waals surface area contributed by atoms with Crippen LogP contribution in [0.4, 0.5) is 0 Å². The predicted molar refractivity (Wildman–Crippen MR) is 110 cm³/mol. The lowest BCUT2D eigenvalue weighted by molar-refractivity contribution is -0.140. The SMILES string of the molecule is Cc1ccc([C@@H]2C(=C(O)c3ccc4c(c3)C[C@H](C)O4)C(=O)C(=O)N2Cc2ccco2)o1. The molecule has 1 saturated heterocycles. The third-order valence-corrected chi connectivity index (χ3v) is 5.65. The summed E-state index contributed by atoms with van der Waals surface area (Å²) in [5.41, 5.74) is 1.41. The van der Waals surface area contributed by atoms with Gasteiger partial charge in [-0.2, -0.15) is 0 Å². The molecule has 2 aliphatic heterocycles. The Bertz CT molecular complexity index is 1200. The fourth-order valence-corrected chi connectivity index (χ4v) is 4.23. The molecule has 2 aliphatic rings. The fraction of sp³-hybridized carbons (Fsp3) is 0.250. The molecule has 0 radical (unpaired) electrons. The summed E-state index contributed by atoms with van der Waals surface area (Å²) in [6.45, 7) is 3.83. The second-order valence-electron chi connectivity index (χ2n) is 7.91. The van der Waals surface area contributed by atoms with E-state index in [2.05, 4.69) is 0 Å². The molecule has 31 heavy (non-hydrogen) atoms. The summed E-state index contributed by atoms with van der Waals surface area (Å²) < 4.78 is 16.9. The molecule has 0 spiro atoms. The highest BCUT2D eigenvalue weighted by Crippen LogP contribution is 2.41. The average Bonchev–Trinajstić information content (AvgIpc) is 3.51. The third kappa shape index (κ3) is 3.22. The van der Waals surface area contributed by atoms with Crippen LogP contribution in [0, 0.1) is 6.92 Å². The van der Waals surface area contributed by atoms with Crippen LogP contribution in [0.5, 0.6) is 5.75 Å². The summed E-state index contributed by atoms with van der Waals surface area (Å²) in [4.78, 5) is 27.3. The molecular formula is C24H21NO6. The van der Waals surface area contributed by atoms with Crippen molar-refractivity contribution in [3.63, 3.8) is 0 Å². The van der Waals surface area contributed by atoms with Gasteiger partial charge in [0.2, 0.25) is 0 Å². The zero-order valence-electron chi connectivity index (χ0n) is 17.1. The molecule has 2 aromatic heterocycles. The van der Waals surface area contributed by atoms with E-state index in [4.69, 9.17) is 13.6 Å². The highest BCUT2D eigenvalue weighted by Gasteiger charge is 2.48. The van der Waals surface area contributed by atoms with Crippen LogP contribution >= 0.6 is 0 Å². The number of carbonyl (C=O) groups excluding carboxylic acids is 2.